The summed E-state index contributed by atoms with van der Waals surface area (Å²) in [4.78, 5) is 38.5. The highest BCUT2D eigenvalue weighted by molar-refractivity contribution is 9.10. The highest BCUT2D eigenvalue weighted by Gasteiger charge is 2.23. The average Bonchev–Trinajstić information content (AvgIpc) is 2.98. The van der Waals surface area contributed by atoms with E-state index in [1.54, 1.807) is 30.3 Å². The Morgan fingerprint density at radius 1 is 0.700 bits per heavy atom. The Morgan fingerprint density at radius 3 is 2.10 bits per heavy atom. The van der Waals surface area contributed by atoms with Gasteiger partial charge in [0.25, 0.3) is 11.8 Å². The third-order valence-corrected chi connectivity index (χ3v) is 7.08. The summed E-state index contributed by atoms with van der Waals surface area (Å²) in [6.45, 7) is 0. The lowest BCUT2D eigenvalue weighted by molar-refractivity contribution is -0.139. The largest absolute Gasteiger partial charge is 0.480 e. The molecule has 0 aliphatic carbocycles. The maximum atomic E-state index is 13.3. The molecule has 198 valence electrons. The second-order valence-corrected chi connectivity index (χ2v) is 10.3. The van der Waals surface area contributed by atoms with Crippen molar-refractivity contribution in [3.8, 4) is 11.1 Å². The predicted molar refractivity (Wildman–Crippen MR) is 161 cm³/mol. The molecule has 5 aromatic rings. The molecule has 7 heteroatoms. The Kier molecular flexibility index (Phi) is 8.03. The van der Waals surface area contributed by atoms with E-state index in [9.17, 15) is 19.5 Å². The Balaban J connectivity index is 1.32. The number of fused-ring (bicyclic) bond motifs is 1. The number of carboxylic acids is 1. The molecule has 40 heavy (non-hydrogen) atoms. The molecule has 0 unspecified atom stereocenters. The number of anilines is 1. The number of carbonyl (C=O) groups excluding carboxylic acids is 2. The lowest BCUT2D eigenvalue weighted by Gasteiger charge is -2.17. The quantitative estimate of drug-likeness (QED) is 0.182. The van der Waals surface area contributed by atoms with Gasteiger partial charge in [-0.25, -0.2) is 4.79 Å². The van der Waals surface area contributed by atoms with Crippen LogP contribution >= 0.6 is 15.9 Å². The summed E-state index contributed by atoms with van der Waals surface area (Å²) in [5.41, 5.74) is 3.71. The van der Waals surface area contributed by atoms with Crippen LogP contribution < -0.4 is 10.6 Å². The molecule has 0 spiro atoms. The van der Waals surface area contributed by atoms with Crippen molar-refractivity contribution in [1.29, 1.82) is 0 Å². The molecule has 0 aliphatic heterocycles. The first-order valence-electron chi connectivity index (χ1n) is 12.6. The third-order valence-electron chi connectivity index (χ3n) is 6.59. The van der Waals surface area contributed by atoms with Gasteiger partial charge in [0, 0.05) is 16.5 Å². The second-order valence-electron chi connectivity index (χ2n) is 9.34. The first-order valence-corrected chi connectivity index (χ1v) is 13.4. The van der Waals surface area contributed by atoms with Crippen molar-refractivity contribution in [3.63, 3.8) is 0 Å². The minimum atomic E-state index is -1.17. The highest BCUT2D eigenvalue weighted by atomic mass is 79.9. The van der Waals surface area contributed by atoms with Gasteiger partial charge in [0.1, 0.15) is 6.04 Å². The molecule has 0 heterocycles. The van der Waals surface area contributed by atoms with Gasteiger partial charge >= 0.3 is 5.97 Å². The molecule has 3 N–H and O–H groups in total. The zero-order chi connectivity index (χ0) is 28.1. The van der Waals surface area contributed by atoms with Gasteiger partial charge in [0.2, 0.25) is 0 Å². The number of aliphatic carboxylic acids is 1. The van der Waals surface area contributed by atoms with E-state index >= 15 is 0 Å². The zero-order valence-corrected chi connectivity index (χ0v) is 22.9. The molecule has 0 fully saturated rings. The number of hydrogen-bond acceptors (Lipinski definition) is 3. The summed E-state index contributed by atoms with van der Waals surface area (Å²) < 4.78 is 0.615. The van der Waals surface area contributed by atoms with Crippen LogP contribution in [0.5, 0.6) is 0 Å². The first kappa shape index (κ1) is 26.8. The number of benzene rings is 5. The van der Waals surface area contributed by atoms with Gasteiger partial charge in [-0.15, -0.1) is 0 Å². The molecule has 2 amide bonds. The van der Waals surface area contributed by atoms with Crippen LogP contribution in [0.2, 0.25) is 0 Å². The molecule has 1 atom stereocenters. The van der Waals surface area contributed by atoms with Crippen LogP contribution in [0.15, 0.2) is 120 Å². The lowest BCUT2D eigenvalue weighted by Crippen LogP contribution is -2.42. The molecule has 0 saturated heterocycles. The van der Waals surface area contributed by atoms with Crippen LogP contribution in [0.25, 0.3) is 21.9 Å². The normalized spacial score (nSPS) is 11.5. The number of carboxylic acid groups (broad SMARTS) is 1. The molecule has 0 saturated carbocycles. The second kappa shape index (κ2) is 12.0. The summed E-state index contributed by atoms with van der Waals surface area (Å²) >= 11 is 3.37. The van der Waals surface area contributed by atoms with E-state index in [2.05, 4.69) is 26.6 Å². The number of halogens is 1. The van der Waals surface area contributed by atoms with Crippen molar-refractivity contribution in [2.24, 2.45) is 0 Å². The van der Waals surface area contributed by atoms with Crippen molar-refractivity contribution in [2.75, 3.05) is 5.32 Å². The standard InChI is InChI=1S/C33H25BrN2O4/c34-27-16-17-29(35-31(37)26-15-14-23-8-4-5-9-25(23)19-26)28(20-27)32(38)36-30(33(39)40)18-21-10-12-24(13-11-21)22-6-2-1-3-7-22/h1-17,19-20,30H,18H2,(H,35,37)(H,36,38)(H,39,40)/t30-/m0/s1. The van der Waals surface area contributed by atoms with E-state index in [-0.39, 0.29) is 23.6 Å². The molecule has 0 radical (unpaired) electrons. The molecule has 5 aromatic carbocycles. The molecule has 0 aliphatic rings. The molecule has 6 nitrogen and oxygen atoms in total. The van der Waals surface area contributed by atoms with Crippen LogP contribution in [0, 0.1) is 0 Å². The van der Waals surface area contributed by atoms with Crippen LogP contribution in [0.4, 0.5) is 5.69 Å². The summed E-state index contributed by atoms with van der Waals surface area (Å²) in [5.74, 6) is -2.14. The monoisotopic (exact) mass is 592 g/mol. The van der Waals surface area contributed by atoms with Gasteiger partial charge < -0.3 is 15.7 Å². The zero-order valence-electron chi connectivity index (χ0n) is 21.3. The average molecular weight is 593 g/mol. The lowest BCUT2D eigenvalue weighted by atomic mass is 10.0. The van der Waals surface area contributed by atoms with Gasteiger partial charge in [-0.2, -0.15) is 0 Å². The van der Waals surface area contributed by atoms with Crippen LogP contribution in [-0.4, -0.2) is 28.9 Å². The van der Waals surface area contributed by atoms with Crippen molar-refractivity contribution < 1.29 is 19.5 Å². The van der Waals surface area contributed by atoms with Crippen molar-refractivity contribution in [1.82, 2.24) is 5.32 Å². The fraction of sp³-hybridized carbons (Fsp3) is 0.0606. The summed E-state index contributed by atoms with van der Waals surface area (Å²) in [6.07, 6.45) is 0.100. The van der Waals surface area contributed by atoms with E-state index < -0.39 is 17.9 Å². The van der Waals surface area contributed by atoms with Gasteiger partial charge in [-0.05, 0) is 57.8 Å². The Bertz CT molecular complexity index is 1700. The Morgan fingerprint density at radius 2 is 1.38 bits per heavy atom. The van der Waals surface area contributed by atoms with Gasteiger partial charge in [-0.1, -0.05) is 101 Å². The first-order chi connectivity index (χ1) is 19.4. The SMILES string of the molecule is O=C(Nc1ccc(Br)cc1C(=O)N[C@@H](Cc1ccc(-c2ccccc2)cc1)C(=O)O)c1ccc2ccccc2c1. The number of hydrogen-bond donors (Lipinski definition) is 3. The topological polar surface area (TPSA) is 95.5 Å². The van der Waals surface area contributed by atoms with Crippen LogP contribution in [0.1, 0.15) is 26.3 Å². The van der Waals surface area contributed by atoms with Crippen LogP contribution in [0.3, 0.4) is 0 Å². The predicted octanol–water partition coefficient (Wildman–Crippen LogP) is 6.95. The number of amides is 2. The minimum absolute atomic E-state index is 0.100. The minimum Gasteiger partial charge on any atom is -0.480 e. The Hall–Kier alpha value is -4.75. The van der Waals surface area contributed by atoms with Crippen molar-refractivity contribution >= 4 is 50.2 Å². The highest BCUT2D eigenvalue weighted by Crippen LogP contribution is 2.24. The summed E-state index contributed by atoms with van der Waals surface area (Å²) in [6, 6.07) is 34.2. The van der Waals surface area contributed by atoms with E-state index in [1.807, 2.05) is 84.9 Å². The fourth-order valence-corrected chi connectivity index (χ4v) is 4.84. The van der Waals surface area contributed by atoms with Gasteiger partial charge in [-0.3, -0.25) is 9.59 Å². The van der Waals surface area contributed by atoms with Gasteiger partial charge in [0.15, 0.2) is 0 Å². The van der Waals surface area contributed by atoms with Crippen LogP contribution in [-0.2, 0) is 11.2 Å². The van der Waals surface area contributed by atoms with E-state index in [0.29, 0.717) is 10.0 Å². The molecular weight excluding hydrogens is 568 g/mol. The third kappa shape index (κ3) is 6.27. The van der Waals surface area contributed by atoms with Crippen molar-refractivity contribution in [3.05, 3.63) is 136 Å². The Labute approximate surface area is 239 Å². The van der Waals surface area contributed by atoms with E-state index in [4.69, 9.17) is 0 Å². The maximum absolute atomic E-state index is 13.3. The van der Waals surface area contributed by atoms with E-state index in [1.165, 1.54) is 0 Å². The molecule has 0 aromatic heterocycles. The maximum Gasteiger partial charge on any atom is 0.326 e. The summed E-state index contributed by atoms with van der Waals surface area (Å²) in [5, 5.41) is 17.2. The number of carbonyl (C=O) groups is 3. The molecule has 5 rings (SSSR count). The van der Waals surface area contributed by atoms with Gasteiger partial charge in [0.05, 0.1) is 11.3 Å². The summed E-state index contributed by atoms with van der Waals surface area (Å²) in [7, 11) is 0. The number of nitrogens with one attached hydrogen (secondary N) is 2. The molecule has 0 bridgehead atoms. The van der Waals surface area contributed by atoms with Crippen molar-refractivity contribution in [2.45, 2.75) is 12.5 Å². The number of rotatable bonds is 8. The smallest absolute Gasteiger partial charge is 0.326 e. The molecular formula is C33H25BrN2O4. The fourth-order valence-electron chi connectivity index (χ4n) is 4.47. The van der Waals surface area contributed by atoms with E-state index in [0.717, 1.165) is 27.5 Å².